The molecule has 0 aliphatic rings. The van der Waals surface area contributed by atoms with Gasteiger partial charge in [-0.2, -0.15) is 0 Å². The van der Waals surface area contributed by atoms with Crippen LogP contribution in [0.5, 0.6) is 11.5 Å². The average molecular weight is 786 g/mol. The van der Waals surface area contributed by atoms with E-state index in [0.717, 1.165) is 22.3 Å². The molecule has 5 N–H and O–H groups in total. The lowest BCUT2D eigenvalue weighted by Crippen LogP contribution is -2.50. The fraction of sp³-hybridized carbons (Fsp3) is 0.222. The van der Waals surface area contributed by atoms with Crippen LogP contribution in [-0.2, 0) is 38.7 Å². The van der Waals surface area contributed by atoms with Gasteiger partial charge in [0.25, 0.3) is 0 Å². The normalized spacial score (nSPS) is 11.6. The van der Waals surface area contributed by atoms with Gasteiger partial charge in [-0.1, -0.05) is 115 Å². The molecule has 0 spiro atoms. The fourth-order valence-corrected chi connectivity index (χ4v) is 6.17. The fourth-order valence-electron chi connectivity index (χ4n) is 6.17. The number of hydrogen-bond donors (Lipinski definition) is 4. The summed E-state index contributed by atoms with van der Waals surface area (Å²) in [6.45, 7) is 0.104. The number of alkyl carbamates (subject to hydrolysis) is 2. The molecule has 13 nitrogen and oxygen atoms in total. The molecule has 0 fully saturated rings. The number of aliphatic imine (C=N–C) groups is 1. The maximum atomic E-state index is 14.8. The van der Waals surface area contributed by atoms with Crippen LogP contribution in [0.4, 0.5) is 9.59 Å². The van der Waals surface area contributed by atoms with Crippen LogP contribution in [0.3, 0.4) is 0 Å². The lowest BCUT2D eigenvalue weighted by Gasteiger charge is -2.33. The van der Waals surface area contributed by atoms with Crippen molar-refractivity contribution in [1.29, 1.82) is 0 Å². The van der Waals surface area contributed by atoms with E-state index in [9.17, 15) is 24.3 Å². The van der Waals surface area contributed by atoms with Crippen molar-refractivity contribution < 1.29 is 38.5 Å². The predicted octanol–water partition coefficient (Wildman–Crippen LogP) is 6.45. The van der Waals surface area contributed by atoms with Gasteiger partial charge in [0.2, 0.25) is 17.8 Å². The number of hydrogen-bond acceptors (Lipinski definition) is 9. The highest BCUT2D eigenvalue weighted by Crippen LogP contribution is 2.30. The minimum Gasteiger partial charge on any atom is -0.508 e. The summed E-state index contributed by atoms with van der Waals surface area (Å²) in [4.78, 5) is 59.6. The van der Waals surface area contributed by atoms with Crippen LogP contribution in [0.1, 0.15) is 46.6 Å². The first-order valence-electron chi connectivity index (χ1n) is 18.8. The van der Waals surface area contributed by atoms with Crippen molar-refractivity contribution in [1.82, 2.24) is 15.5 Å². The van der Waals surface area contributed by atoms with E-state index in [1.165, 1.54) is 4.90 Å². The van der Waals surface area contributed by atoms with Crippen LogP contribution >= 0.6 is 0 Å². The highest BCUT2D eigenvalue weighted by molar-refractivity contribution is 6.01. The minimum absolute atomic E-state index is 0.0115. The second kappa shape index (κ2) is 21.8. The lowest BCUT2D eigenvalue weighted by atomic mass is 9.89. The van der Waals surface area contributed by atoms with Crippen LogP contribution in [-0.4, -0.2) is 66.2 Å². The molecule has 2 atom stereocenters. The zero-order valence-electron chi connectivity index (χ0n) is 32.2. The number of rotatable bonds is 17. The Balaban J connectivity index is 1.35. The Morgan fingerprint density at radius 2 is 1.21 bits per heavy atom. The molecule has 300 valence electrons. The molecule has 13 heteroatoms. The Kier molecular flexibility index (Phi) is 15.8. The van der Waals surface area contributed by atoms with E-state index in [2.05, 4.69) is 15.6 Å². The highest BCUT2D eigenvalue weighted by atomic mass is 16.6. The number of guanidine groups is 1. The van der Waals surface area contributed by atoms with Crippen LogP contribution in [0.2, 0.25) is 0 Å². The average Bonchev–Trinajstić information content (AvgIpc) is 3.25. The number of carbonyl (C=O) groups is 4. The van der Waals surface area contributed by atoms with E-state index in [-0.39, 0.29) is 56.8 Å². The van der Waals surface area contributed by atoms with Gasteiger partial charge in [0.15, 0.2) is 0 Å². The second-order valence-electron chi connectivity index (χ2n) is 13.2. The molecule has 0 aliphatic heterocycles. The highest BCUT2D eigenvalue weighted by Gasteiger charge is 2.34. The number of ether oxygens (including phenoxy) is 3. The first kappa shape index (κ1) is 42.0. The van der Waals surface area contributed by atoms with Crippen molar-refractivity contribution >= 4 is 30.0 Å². The number of nitrogens with zero attached hydrogens (tertiary/aromatic N) is 2. The van der Waals surface area contributed by atoms with E-state index in [0.29, 0.717) is 17.7 Å². The maximum absolute atomic E-state index is 14.8. The van der Waals surface area contributed by atoms with Crippen LogP contribution < -0.4 is 21.1 Å². The first-order chi connectivity index (χ1) is 28.2. The summed E-state index contributed by atoms with van der Waals surface area (Å²) in [5.74, 6) is -1.33. The van der Waals surface area contributed by atoms with Gasteiger partial charge in [-0.3, -0.25) is 25.2 Å². The Labute approximate surface area is 337 Å². The van der Waals surface area contributed by atoms with E-state index in [4.69, 9.17) is 19.9 Å². The smallest absolute Gasteiger partial charge is 0.414 e. The molecule has 0 bridgehead atoms. The third-order valence-corrected chi connectivity index (χ3v) is 9.17. The van der Waals surface area contributed by atoms with Gasteiger partial charge in [0, 0.05) is 13.1 Å². The minimum atomic E-state index is -1.06. The summed E-state index contributed by atoms with van der Waals surface area (Å²) in [6, 6.07) is 40.2. The zero-order valence-corrected chi connectivity index (χ0v) is 32.2. The van der Waals surface area contributed by atoms with E-state index in [1.54, 1.807) is 67.8 Å². The largest absolute Gasteiger partial charge is 0.508 e. The summed E-state index contributed by atoms with van der Waals surface area (Å²) in [5, 5.41) is 14.8. The number of nitrogens with one attached hydrogen (secondary N) is 2. The summed E-state index contributed by atoms with van der Waals surface area (Å²) < 4.78 is 16.0. The Bertz CT molecular complexity index is 2040. The van der Waals surface area contributed by atoms with Gasteiger partial charge in [-0.15, -0.1) is 0 Å². The van der Waals surface area contributed by atoms with Crippen LogP contribution in [0.15, 0.2) is 145 Å². The topological polar surface area (TPSA) is 182 Å². The molecular formula is C45H47N5O8. The number of phenols is 1. The standard InChI is InChI=1S/C45H47N5O8/c1-56-38-25-21-36(22-26-38)40(35-16-9-4-10-17-35)42(53)50(29-27-32-19-23-37(51)24-20-32)39(41(46)52)18-11-28-47-43(48-44(54)57-30-33-12-5-2-6-13-33)49-45(55)58-31-34-14-7-3-8-15-34/h2-10,12-17,19-26,39-40,51H,11,18,27-31H2,1H3,(H2,46,52)(H2,47,48,49,54,55)/t39-,40-/m1/s1. The van der Waals surface area contributed by atoms with Crippen molar-refractivity contribution in [2.24, 2.45) is 10.7 Å². The number of carbonyl (C=O) groups excluding carboxylic acids is 4. The molecule has 0 saturated heterocycles. The van der Waals surface area contributed by atoms with Crippen LogP contribution in [0.25, 0.3) is 0 Å². The summed E-state index contributed by atoms with van der Waals surface area (Å²) in [7, 11) is 1.56. The van der Waals surface area contributed by atoms with E-state index in [1.807, 2.05) is 78.9 Å². The monoisotopic (exact) mass is 785 g/mol. The van der Waals surface area contributed by atoms with Gasteiger partial charge in [0.1, 0.15) is 30.8 Å². The second-order valence-corrected chi connectivity index (χ2v) is 13.2. The molecule has 0 aliphatic carbocycles. The third kappa shape index (κ3) is 13.0. The summed E-state index contributed by atoms with van der Waals surface area (Å²) in [5.41, 5.74) is 9.82. The molecule has 58 heavy (non-hydrogen) atoms. The first-order valence-corrected chi connectivity index (χ1v) is 18.8. The molecule has 4 amide bonds. The van der Waals surface area contributed by atoms with Gasteiger partial charge in [-0.25, -0.2) is 9.59 Å². The van der Waals surface area contributed by atoms with Crippen molar-refractivity contribution in [3.63, 3.8) is 0 Å². The molecule has 5 aromatic carbocycles. The molecule has 5 rings (SSSR count). The number of amides is 4. The SMILES string of the molecule is COc1ccc([C@H](C(=O)N(CCc2ccc(O)cc2)[C@H](CCCN=C(NC(=O)OCc2ccccc2)NC(=O)OCc2ccccc2)C(N)=O)c2ccccc2)cc1. The number of aromatic hydroxyl groups is 1. The predicted molar refractivity (Wildman–Crippen MR) is 219 cm³/mol. The molecule has 0 unspecified atom stereocenters. The number of benzene rings is 5. The molecule has 0 saturated carbocycles. The Hall–Kier alpha value is -7.15. The van der Waals surface area contributed by atoms with Gasteiger partial charge in [0.05, 0.1) is 13.0 Å². The lowest BCUT2D eigenvalue weighted by molar-refractivity contribution is -0.140. The van der Waals surface area contributed by atoms with Crippen molar-refractivity contribution in [3.8, 4) is 11.5 Å². The molecule has 5 aromatic rings. The number of methoxy groups -OCH3 is 1. The molecular weight excluding hydrogens is 739 g/mol. The van der Waals surface area contributed by atoms with E-state index >= 15 is 0 Å². The van der Waals surface area contributed by atoms with Gasteiger partial charge < -0.3 is 30.0 Å². The van der Waals surface area contributed by atoms with Crippen molar-refractivity contribution in [2.75, 3.05) is 20.2 Å². The number of nitrogens with two attached hydrogens (primary N) is 1. The molecule has 0 radical (unpaired) electrons. The maximum Gasteiger partial charge on any atom is 0.414 e. The molecule has 0 heterocycles. The Morgan fingerprint density at radius 1 is 0.690 bits per heavy atom. The molecule has 0 aromatic heterocycles. The number of phenolic OH excluding ortho intramolecular Hbond substituents is 1. The third-order valence-electron chi connectivity index (χ3n) is 9.17. The van der Waals surface area contributed by atoms with Gasteiger partial charge >= 0.3 is 12.2 Å². The van der Waals surface area contributed by atoms with E-state index < -0.39 is 30.1 Å². The quantitative estimate of drug-likeness (QED) is 0.0472. The van der Waals surface area contributed by atoms with Crippen molar-refractivity contribution in [2.45, 2.75) is 44.4 Å². The van der Waals surface area contributed by atoms with Crippen molar-refractivity contribution in [3.05, 3.63) is 167 Å². The number of primary amides is 1. The van der Waals surface area contributed by atoms with Gasteiger partial charge in [-0.05, 0) is 71.3 Å². The Morgan fingerprint density at radius 3 is 1.72 bits per heavy atom. The van der Waals surface area contributed by atoms with Crippen LogP contribution in [0, 0.1) is 0 Å². The summed E-state index contributed by atoms with van der Waals surface area (Å²) >= 11 is 0. The summed E-state index contributed by atoms with van der Waals surface area (Å²) in [6.07, 6.45) is -1.03. The zero-order chi connectivity index (χ0) is 41.1.